The van der Waals surface area contributed by atoms with Crippen molar-refractivity contribution in [3.8, 4) is 0 Å². The molecule has 0 atom stereocenters. The van der Waals surface area contributed by atoms with Gasteiger partial charge in [0.2, 0.25) is 0 Å². The van der Waals surface area contributed by atoms with Crippen molar-refractivity contribution in [2.24, 2.45) is 11.3 Å². The van der Waals surface area contributed by atoms with E-state index >= 15 is 0 Å². The van der Waals surface area contributed by atoms with Gasteiger partial charge in [-0.3, -0.25) is 0 Å². The van der Waals surface area contributed by atoms with Gasteiger partial charge in [0.1, 0.15) is 5.76 Å². The first-order valence-electron chi connectivity index (χ1n) is 4.19. The van der Waals surface area contributed by atoms with Gasteiger partial charge in [0.05, 0.1) is 5.03 Å². The van der Waals surface area contributed by atoms with Crippen molar-refractivity contribution in [1.29, 1.82) is 0 Å². The van der Waals surface area contributed by atoms with Gasteiger partial charge >= 0.3 is 0 Å². The first-order chi connectivity index (χ1) is 5.43. The van der Waals surface area contributed by atoms with Crippen molar-refractivity contribution < 1.29 is 4.84 Å². The number of hydrogen-bond acceptors (Lipinski definition) is 2. The lowest BCUT2D eigenvalue weighted by atomic mass is 9.93. The van der Waals surface area contributed by atoms with Gasteiger partial charge in [-0.1, -0.05) is 45.7 Å². The average Bonchev–Trinajstić information content (AvgIpc) is 1.85. The molecular weight excluding hydrogens is 174 g/mol. The van der Waals surface area contributed by atoms with E-state index in [0.29, 0.717) is 5.76 Å². The lowest BCUT2D eigenvalue weighted by Crippen LogP contribution is -2.17. The zero-order valence-electron chi connectivity index (χ0n) is 8.28. The fourth-order valence-corrected chi connectivity index (χ4v) is 1.50. The topological polar surface area (TPSA) is 35.2 Å². The molecule has 0 saturated heterocycles. The van der Waals surface area contributed by atoms with Crippen molar-refractivity contribution in [3.05, 3.63) is 10.8 Å². The van der Waals surface area contributed by atoms with Gasteiger partial charge in [0, 0.05) is 5.41 Å². The average molecular weight is 192 g/mol. The number of rotatable bonds is 3. The van der Waals surface area contributed by atoms with Gasteiger partial charge in [0.25, 0.3) is 0 Å². The number of allylic oxidation sites excluding steroid dienone is 2. The fraction of sp³-hybridized carbons (Fsp3) is 0.778. The Morgan fingerprint density at radius 1 is 1.42 bits per heavy atom. The van der Waals surface area contributed by atoms with Gasteiger partial charge < -0.3 is 4.84 Å². The third kappa shape index (κ3) is 3.46. The van der Waals surface area contributed by atoms with Crippen LogP contribution in [-0.4, -0.2) is 0 Å². The van der Waals surface area contributed by atoms with Gasteiger partial charge in [-0.25, -0.2) is 0 Å². The quantitative estimate of drug-likeness (QED) is 0.550. The summed E-state index contributed by atoms with van der Waals surface area (Å²) < 4.78 is 0. The summed E-state index contributed by atoms with van der Waals surface area (Å²) in [4.78, 5) is 4.78. The molecule has 0 aliphatic heterocycles. The zero-order chi connectivity index (χ0) is 9.78. The summed E-state index contributed by atoms with van der Waals surface area (Å²) >= 11 is 6.01. The first-order valence-corrected chi connectivity index (χ1v) is 4.57. The molecule has 0 unspecified atom stereocenters. The van der Waals surface area contributed by atoms with E-state index in [-0.39, 0.29) is 5.41 Å². The molecule has 0 rings (SSSR count). The molecule has 0 bridgehead atoms. The van der Waals surface area contributed by atoms with Crippen molar-refractivity contribution >= 4 is 11.6 Å². The molecule has 0 heterocycles. The van der Waals surface area contributed by atoms with E-state index in [1.165, 1.54) is 0 Å². The second kappa shape index (κ2) is 4.73. The molecule has 2 N–H and O–H groups in total. The molecular formula is C9H18ClNO. The van der Waals surface area contributed by atoms with E-state index in [2.05, 4.69) is 6.92 Å². The third-order valence-corrected chi connectivity index (χ3v) is 1.88. The minimum atomic E-state index is -0.110. The Morgan fingerprint density at radius 3 is 2.17 bits per heavy atom. The van der Waals surface area contributed by atoms with Crippen molar-refractivity contribution in [2.45, 2.75) is 40.5 Å². The summed E-state index contributed by atoms with van der Waals surface area (Å²) in [6.45, 7) is 8.13. The first kappa shape index (κ1) is 11.8. The molecule has 0 aromatic heterocycles. The molecule has 0 aliphatic rings. The Bertz CT molecular complexity index is 170. The highest BCUT2D eigenvalue weighted by atomic mass is 35.5. The Balaban J connectivity index is 4.61. The summed E-state index contributed by atoms with van der Waals surface area (Å²) in [6.07, 6.45) is 1.83. The molecule has 3 heteroatoms. The number of hydrogen-bond donors (Lipinski definition) is 1. The Hall–Kier alpha value is -0.210. The molecule has 72 valence electrons. The molecule has 12 heavy (non-hydrogen) atoms. The van der Waals surface area contributed by atoms with Crippen LogP contribution in [0.3, 0.4) is 0 Å². The lowest BCUT2D eigenvalue weighted by Gasteiger charge is -2.21. The maximum atomic E-state index is 6.01. The van der Waals surface area contributed by atoms with E-state index < -0.39 is 0 Å². The normalized spacial score (nSPS) is 14.2. The van der Waals surface area contributed by atoms with Crippen LogP contribution in [0.2, 0.25) is 0 Å². The molecule has 0 aromatic carbocycles. The summed E-state index contributed by atoms with van der Waals surface area (Å²) in [7, 11) is 0. The molecule has 0 amide bonds. The maximum absolute atomic E-state index is 6.01. The third-order valence-electron chi connectivity index (χ3n) is 1.51. The standard InChI is InChI=1S/C9H18ClNO/c1-5-6-7(10)8(12-11)9(2,3)4/h5-6,11H2,1-4H3/b8-7+. The predicted octanol–water partition coefficient (Wildman–Crippen LogP) is 3.17. The van der Waals surface area contributed by atoms with Crippen molar-refractivity contribution in [2.75, 3.05) is 0 Å². The van der Waals surface area contributed by atoms with Crippen LogP contribution in [0.25, 0.3) is 0 Å². The van der Waals surface area contributed by atoms with Crippen LogP contribution >= 0.6 is 11.6 Å². The Morgan fingerprint density at radius 2 is 1.92 bits per heavy atom. The Kier molecular flexibility index (Phi) is 4.64. The highest BCUT2D eigenvalue weighted by Gasteiger charge is 2.21. The van der Waals surface area contributed by atoms with Crippen LogP contribution in [0, 0.1) is 5.41 Å². The van der Waals surface area contributed by atoms with Crippen LogP contribution in [0.4, 0.5) is 0 Å². The molecule has 0 saturated carbocycles. The fourth-order valence-electron chi connectivity index (χ4n) is 0.981. The molecule has 0 spiro atoms. The van der Waals surface area contributed by atoms with Crippen LogP contribution in [0.1, 0.15) is 40.5 Å². The molecule has 0 aliphatic carbocycles. The molecule has 0 fully saturated rings. The smallest absolute Gasteiger partial charge is 0.143 e. The van der Waals surface area contributed by atoms with E-state index in [0.717, 1.165) is 17.9 Å². The second-order valence-electron chi connectivity index (χ2n) is 3.85. The molecule has 0 aromatic rings. The van der Waals surface area contributed by atoms with Crippen LogP contribution < -0.4 is 5.90 Å². The van der Waals surface area contributed by atoms with E-state index in [1.54, 1.807) is 0 Å². The maximum Gasteiger partial charge on any atom is 0.143 e. The van der Waals surface area contributed by atoms with Crippen LogP contribution in [-0.2, 0) is 4.84 Å². The van der Waals surface area contributed by atoms with Crippen LogP contribution in [0.5, 0.6) is 0 Å². The van der Waals surface area contributed by atoms with Crippen LogP contribution in [0.15, 0.2) is 10.8 Å². The summed E-state index contributed by atoms with van der Waals surface area (Å²) in [5.74, 6) is 5.83. The minimum absolute atomic E-state index is 0.110. The highest BCUT2D eigenvalue weighted by Crippen LogP contribution is 2.31. The van der Waals surface area contributed by atoms with Crippen molar-refractivity contribution in [1.82, 2.24) is 0 Å². The van der Waals surface area contributed by atoms with Gasteiger partial charge in [-0.05, 0) is 6.42 Å². The monoisotopic (exact) mass is 191 g/mol. The van der Waals surface area contributed by atoms with Gasteiger partial charge in [-0.2, -0.15) is 5.90 Å². The van der Waals surface area contributed by atoms with Crippen molar-refractivity contribution in [3.63, 3.8) is 0 Å². The number of halogens is 1. The molecule has 0 radical (unpaired) electrons. The Labute approximate surface area is 79.7 Å². The predicted molar refractivity (Wildman–Crippen MR) is 52.5 cm³/mol. The van der Waals surface area contributed by atoms with E-state index in [1.807, 2.05) is 20.8 Å². The lowest BCUT2D eigenvalue weighted by molar-refractivity contribution is 0.152. The zero-order valence-corrected chi connectivity index (χ0v) is 9.03. The summed E-state index contributed by atoms with van der Waals surface area (Å²) in [5, 5.41) is 0.729. The second-order valence-corrected chi connectivity index (χ2v) is 4.31. The van der Waals surface area contributed by atoms with E-state index in [4.69, 9.17) is 22.3 Å². The van der Waals surface area contributed by atoms with Gasteiger partial charge in [0.15, 0.2) is 0 Å². The molecule has 2 nitrogen and oxygen atoms in total. The SMILES string of the molecule is CCC/C(Cl)=C(\ON)C(C)(C)C. The summed E-state index contributed by atoms with van der Waals surface area (Å²) in [6, 6.07) is 0. The highest BCUT2D eigenvalue weighted by molar-refractivity contribution is 6.29. The van der Waals surface area contributed by atoms with E-state index in [9.17, 15) is 0 Å². The minimum Gasteiger partial charge on any atom is -0.414 e. The summed E-state index contributed by atoms with van der Waals surface area (Å²) in [5.41, 5.74) is -0.110. The van der Waals surface area contributed by atoms with Gasteiger partial charge in [-0.15, -0.1) is 0 Å². The largest absolute Gasteiger partial charge is 0.414 e. The number of nitrogens with two attached hydrogens (primary N) is 1.